The van der Waals surface area contributed by atoms with E-state index in [0.29, 0.717) is 10.6 Å². The number of halogens is 2. The molecule has 0 amide bonds. The number of rotatable bonds is 3. The summed E-state index contributed by atoms with van der Waals surface area (Å²) in [5, 5.41) is 0.405. The maximum Gasteiger partial charge on any atom is 0.323 e. The highest BCUT2D eigenvalue weighted by Gasteiger charge is 2.23. The van der Waals surface area contributed by atoms with Gasteiger partial charge in [-0.05, 0) is 44.5 Å². The van der Waals surface area contributed by atoms with Crippen LogP contribution in [0.3, 0.4) is 0 Å². The molecule has 1 aromatic carbocycles. The lowest BCUT2D eigenvalue weighted by molar-refractivity contribution is -0.156. The normalized spacial score (nSPS) is 13.2. The molecule has 5 heteroatoms. The van der Waals surface area contributed by atoms with Gasteiger partial charge in [-0.1, -0.05) is 11.6 Å². The molecule has 1 unspecified atom stereocenters. The Balaban J connectivity index is 2.72. The number of hydrogen-bond donors (Lipinski definition) is 1. The Kier molecular flexibility index (Phi) is 4.71. The van der Waals surface area contributed by atoms with Crippen molar-refractivity contribution >= 4 is 17.6 Å². The van der Waals surface area contributed by atoms with Gasteiger partial charge in [-0.15, -0.1) is 0 Å². The predicted octanol–water partition coefficient (Wildman–Crippen LogP) is 2.69. The van der Waals surface area contributed by atoms with E-state index >= 15 is 0 Å². The third kappa shape index (κ3) is 4.63. The Hall–Kier alpha value is -1.13. The number of carbonyl (C=O) groups is 1. The van der Waals surface area contributed by atoms with Crippen LogP contribution in [-0.4, -0.2) is 17.6 Å². The van der Waals surface area contributed by atoms with Crippen LogP contribution in [0.4, 0.5) is 4.39 Å². The highest BCUT2D eigenvalue weighted by Crippen LogP contribution is 2.17. The molecule has 1 rings (SSSR count). The summed E-state index contributed by atoms with van der Waals surface area (Å²) < 4.78 is 18.6. The van der Waals surface area contributed by atoms with Crippen molar-refractivity contribution in [2.45, 2.75) is 38.8 Å². The monoisotopic (exact) mass is 273 g/mol. The van der Waals surface area contributed by atoms with E-state index in [1.54, 1.807) is 20.8 Å². The third-order valence-corrected chi connectivity index (χ3v) is 2.39. The lowest BCUT2D eigenvalue weighted by Gasteiger charge is -2.22. The molecule has 0 spiro atoms. The second kappa shape index (κ2) is 5.67. The van der Waals surface area contributed by atoms with Gasteiger partial charge in [-0.25, -0.2) is 4.39 Å². The molecule has 0 heterocycles. The van der Waals surface area contributed by atoms with Crippen LogP contribution in [0.2, 0.25) is 5.02 Å². The van der Waals surface area contributed by atoms with Crippen LogP contribution in [0.1, 0.15) is 26.3 Å². The van der Waals surface area contributed by atoms with E-state index in [9.17, 15) is 9.18 Å². The molecule has 1 atom stereocenters. The van der Waals surface area contributed by atoms with Gasteiger partial charge in [0.1, 0.15) is 17.5 Å². The van der Waals surface area contributed by atoms with Gasteiger partial charge in [0, 0.05) is 11.4 Å². The smallest absolute Gasteiger partial charge is 0.323 e. The molecule has 0 aliphatic carbocycles. The molecule has 0 radical (unpaired) electrons. The Morgan fingerprint density at radius 2 is 2.11 bits per heavy atom. The summed E-state index contributed by atoms with van der Waals surface area (Å²) >= 11 is 5.76. The van der Waals surface area contributed by atoms with Crippen molar-refractivity contribution in [1.29, 1.82) is 0 Å². The largest absolute Gasteiger partial charge is 0.459 e. The molecule has 0 aliphatic rings. The minimum absolute atomic E-state index is 0.0569. The van der Waals surface area contributed by atoms with E-state index in [4.69, 9.17) is 22.1 Å². The van der Waals surface area contributed by atoms with Crippen LogP contribution in [0.5, 0.6) is 0 Å². The van der Waals surface area contributed by atoms with Gasteiger partial charge >= 0.3 is 5.97 Å². The zero-order chi connectivity index (χ0) is 13.9. The zero-order valence-corrected chi connectivity index (χ0v) is 11.4. The van der Waals surface area contributed by atoms with E-state index in [1.165, 1.54) is 18.2 Å². The molecule has 18 heavy (non-hydrogen) atoms. The lowest BCUT2D eigenvalue weighted by Crippen LogP contribution is -2.39. The minimum atomic E-state index is -0.905. The standard InChI is InChI=1S/C13H17ClFNO2/c1-13(2,3)18-12(17)11(16)7-8-6-9(14)4-5-10(8)15/h4-6,11H,7,16H2,1-3H3. The van der Waals surface area contributed by atoms with Crippen LogP contribution >= 0.6 is 11.6 Å². The summed E-state index contributed by atoms with van der Waals surface area (Å²) in [5.41, 5.74) is 5.39. The maximum atomic E-state index is 13.5. The van der Waals surface area contributed by atoms with Gasteiger partial charge < -0.3 is 10.5 Å². The van der Waals surface area contributed by atoms with Gasteiger partial charge in [-0.2, -0.15) is 0 Å². The van der Waals surface area contributed by atoms with Gasteiger partial charge in [0.05, 0.1) is 0 Å². The van der Waals surface area contributed by atoms with Crippen molar-refractivity contribution < 1.29 is 13.9 Å². The maximum absolute atomic E-state index is 13.5. The Morgan fingerprint density at radius 3 is 2.67 bits per heavy atom. The first-order chi connectivity index (χ1) is 8.19. The molecule has 0 saturated heterocycles. The molecule has 0 bridgehead atoms. The fraction of sp³-hybridized carbons (Fsp3) is 0.462. The fourth-order valence-corrected chi connectivity index (χ4v) is 1.59. The Bertz CT molecular complexity index is 443. The third-order valence-electron chi connectivity index (χ3n) is 2.16. The van der Waals surface area contributed by atoms with Crippen molar-refractivity contribution in [2.24, 2.45) is 5.73 Å². The van der Waals surface area contributed by atoms with Crippen molar-refractivity contribution in [1.82, 2.24) is 0 Å². The van der Waals surface area contributed by atoms with Crippen LogP contribution in [-0.2, 0) is 16.0 Å². The first-order valence-electron chi connectivity index (χ1n) is 5.61. The van der Waals surface area contributed by atoms with Crippen molar-refractivity contribution in [3.05, 3.63) is 34.6 Å². The predicted molar refractivity (Wildman–Crippen MR) is 68.9 cm³/mol. The number of ether oxygens (including phenoxy) is 1. The summed E-state index contributed by atoms with van der Waals surface area (Å²) in [6.45, 7) is 5.24. The molecular weight excluding hydrogens is 257 g/mol. The number of hydrogen-bond acceptors (Lipinski definition) is 3. The average Bonchev–Trinajstić information content (AvgIpc) is 2.21. The Morgan fingerprint density at radius 1 is 1.50 bits per heavy atom. The van der Waals surface area contributed by atoms with E-state index < -0.39 is 23.4 Å². The molecule has 0 aromatic heterocycles. The molecule has 1 aromatic rings. The van der Waals surface area contributed by atoms with Crippen LogP contribution in [0.25, 0.3) is 0 Å². The molecular formula is C13H17ClFNO2. The zero-order valence-electron chi connectivity index (χ0n) is 10.7. The van der Waals surface area contributed by atoms with Crippen molar-refractivity contribution in [3.63, 3.8) is 0 Å². The van der Waals surface area contributed by atoms with Crippen LogP contribution in [0, 0.1) is 5.82 Å². The summed E-state index contributed by atoms with van der Waals surface area (Å²) in [4.78, 5) is 11.7. The van der Waals surface area contributed by atoms with Gasteiger partial charge in [-0.3, -0.25) is 4.79 Å². The van der Waals surface area contributed by atoms with E-state index in [1.807, 2.05) is 0 Å². The molecule has 100 valence electrons. The van der Waals surface area contributed by atoms with Crippen LogP contribution in [0.15, 0.2) is 18.2 Å². The van der Waals surface area contributed by atoms with E-state index in [0.717, 1.165) is 0 Å². The van der Waals surface area contributed by atoms with Gasteiger partial charge in [0.2, 0.25) is 0 Å². The first kappa shape index (κ1) is 14.9. The number of esters is 1. The van der Waals surface area contributed by atoms with Gasteiger partial charge in [0.25, 0.3) is 0 Å². The van der Waals surface area contributed by atoms with Crippen molar-refractivity contribution in [3.8, 4) is 0 Å². The summed E-state index contributed by atoms with van der Waals surface area (Å²) in [6.07, 6.45) is 0.0569. The number of nitrogens with two attached hydrogens (primary N) is 1. The van der Waals surface area contributed by atoms with E-state index in [2.05, 4.69) is 0 Å². The highest BCUT2D eigenvalue weighted by atomic mass is 35.5. The number of carbonyl (C=O) groups excluding carboxylic acids is 1. The first-order valence-corrected chi connectivity index (χ1v) is 5.99. The highest BCUT2D eigenvalue weighted by molar-refractivity contribution is 6.30. The lowest BCUT2D eigenvalue weighted by atomic mass is 10.1. The second-order valence-corrected chi connectivity index (χ2v) is 5.52. The second-order valence-electron chi connectivity index (χ2n) is 5.08. The molecule has 2 N–H and O–H groups in total. The summed E-state index contributed by atoms with van der Waals surface area (Å²) in [7, 11) is 0. The molecule has 0 fully saturated rings. The SMILES string of the molecule is CC(C)(C)OC(=O)C(N)Cc1cc(Cl)ccc1F. The van der Waals surface area contributed by atoms with Crippen molar-refractivity contribution in [2.75, 3.05) is 0 Å². The molecule has 3 nitrogen and oxygen atoms in total. The Labute approximate surface area is 111 Å². The molecule has 0 saturated carbocycles. The van der Waals surface area contributed by atoms with E-state index in [-0.39, 0.29) is 6.42 Å². The minimum Gasteiger partial charge on any atom is -0.459 e. The topological polar surface area (TPSA) is 52.3 Å². The number of benzene rings is 1. The summed E-state index contributed by atoms with van der Waals surface area (Å²) in [5.74, 6) is -0.986. The van der Waals surface area contributed by atoms with Gasteiger partial charge in [0.15, 0.2) is 0 Å². The fourth-order valence-electron chi connectivity index (χ4n) is 1.40. The summed E-state index contributed by atoms with van der Waals surface area (Å²) in [6, 6.07) is 3.25. The average molecular weight is 274 g/mol. The quantitative estimate of drug-likeness (QED) is 0.862. The van der Waals surface area contributed by atoms with Crippen LogP contribution < -0.4 is 5.73 Å². The molecule has 0 aliphatic heterocycles.